The second kappa shape index (κ2) is 7.53. The Kier molecular flexibility index (Phi) is 5.66. The topological polar surface area (TPSA) is 114 Å². The molecule has 24 heavy (non-hydrogen) atoms. The Morgan fingerprint density at radius 1 is 1.42 bits per heavy atom. The lowest BCUT2D eigenvalue weighted by atomic mass is 9.96. The van der Waals surface area contributed by atoms with Crippen molar-refractivity contribution in [3.05, 3.63) is 18.3 Å². The average molecular weight is 331 g/mol. The van der Waals surface area contributed by atoms with Crippen LogP contribution in [0.5, 0.6) is 0 Å². The number of carbonyl (C=O) groups excluding carboxylic acids is 1. The summed E-state index contributed by atoms with van der Waals surface area (Å²) in [7, 11) is 0. The molecule has 0 spiro atoms. The van der Waals surface area contributed by atoms with E-state index in [9.17, 15) is 9.90 Å². The molecule has 7 nitrogen and oxygen atoms in total. The van der Waals surface area contributed by atoms with Gasteiger partial charge in [-0.1, -0.05) is 13.3 Å². The van der Waals surface area contributed by atoms with Crippen molar-refractivity contribution in [3.8, 4) is 0 Å². The van der Waals surface area contributed by atoms with Gasteiger partial charge in [0.2, 0.25) is 5.95 Å². The number of pyridine rings is 1. The summed E-state index contributed by atoms with van der Waals surface area (Å²) in [6.45, 7) is 5.42. The smallest absolute Gasteiger partial charge is 0.222 e. The highest BCUT2D eigenvalue weighted by atomic mass is 16.3. The van der Waals surface area contributed by atoms with E-state index in [1.807, 2.05) is 6.92 Å². The van der Waals surface area contributed by atoms with E-state index in [4.69, 9.17) is 5.73 Å². The fraction of sp³-hybridized carbons (Fsp3) is 0.529. The minimum atomic E-state index is -0.861. The van der Waals surface area contributed by atoms with Crippen LogP contribution in [0.25, 0.3) is 11.0 Å². The highest BCUT2D eigenvalue weighted by Crippen LogP contribution is 2.21. The first-order valence-electron chi connectivity index (χ1n) is 8.20. The van der Waals surface area contributed by atoms with Crippen LogP contribution in [-0.4, -0.2) is 37.5 Å². The number of hydrogen-bond donors (Lipinski definition) is 3. The minimum Gasteiger partial charge on any atom is -0.390 e. The molecule has 130 valence electrons. The molecule has 0 unspecified atom stereocenters. The molecule has 0 bridgehead atoms. The summed E-state index contributed by atoms with van der Waals surface area (Å²) in [4.78, 5) is 25.2. The van der Waals surface area contributed by atoms with E-state index in [-0.39, 0.29) is 11.7 Å². The number of ketones is 1. The zero-order valence-electron chi connectivity index (χ0n) is 14.4. The van der Waals surface area contributed by atoms with Gasteiger partial charge < -0.3 is 16.2 Å². The number of aromatic nitrogens is 3. The quantitative estimate of drug-likeness (QED) is 0.680. The maximum Gasteiger partial charge on any atom is 0.222 e. The van der Waals surface area contributed by atoms with Crippen LogP contribution in [0.4, 0.5) is 11.8 Å². The standard InChI is InChI=1S/C17H25N5O2/c1-4-6-11(13(23)8-9-17(2,3)24)20-15-14-12(7-5-10-19-14)21-16(18)22-15/h5,7,10-11,24H,4,6,8-9H2,1-3H3,(H3,18,20,21,22)/t11-/m0/s1. The van der Waals surface area contributed by atoms with Gasteiger partial charge in [-0.05, 0) is 38.8 Å². The number of nitrogens with two attached hydrogens (primary N) is 1. The Morgan fingerprint density at radius 2 is 2.17 bits per heavy atom. The molecular formula is C17H25N5O2. The molecule has 0 radical (unpaired) electrons. The van der Waals surface area contributed by atoms with E-state index in [0.717, 1.165) is 6.42 Å². The van der Waals surface area contributed by atoms with Crippen LogP contribution in [0.1, 0.15) is 46.5 Å². The Bertz CT molecular complexity index is 712. The SMILES string of the molecule is CCC[C@H](Nc1nc(N)nc2cccnc12)C(=O)CCC(C)(C)O. The number of carbonyl (C=O) groups is 1. The van der Waals surface area contributed by atoms with Gasteiger partial charge in [-0.25, -0.2) is 4.98 Å². The minimum absolute atomic E-state index is 0.0419. The molecule has 0 aliphatic heterocycles. The Balaban J connectivity index is 2.23. The highest BCUT2D eigenvalue weighted by molar-refractivity contribution is 5.91. The predicted molar refractivity (Wildman–Crippen MR) is 94.6 cm³/mol. The average Bonchev–Trinajstić information content (AvgIpc) is 2.51. The molecule has 0 aliphatic rings. The Morgan fingerprint density at radius 3 is 2.83 bits per heavy atom. The van der Waals surface area contributed by atoms with Gasteiger partial charge >= 0.3 is 0 Å². The molecule has 0 aliphatic carbocycles. The molecule has 0 saturated heterocycles. The zero-order valence-corrected chi connectivity index (χ0v) is 14.4. The number of fused-ring (bicyclic) bond motifs is 1. The summed E-state index contributed by atoms with van der Waals surface area (Å²) in [5.74, 6) is 0.644. The number of rotatable bonds is 8. The Hall–Kier alpha value is -2.28. The summed E-state index contributed by atoms with van der Waals surface area (Å²) >= 11 is 0. The molecular weight excluding hydrogens is 306 g/mol. The van der Waals surface area contributed by atoms with Crippen LogP contribution >= 0.6 is 0 Å². The van der Waals surface area contributed by atoms with Crippen molar-refractivity contribution < 1.29 is 9.90 Å². The third-order valence-electron chi connectivity index (χ3n) is 3.73. The van der Waals surface area contributed by atoms with Crippen molar-refractivity contribution in [3.63, 3.8) is 0 Å². The first-order valence-corrected chi connectivity index (χ1v) is 8.20. The van der Waals surface area contributed by atoms with Crippen molar-refractivity contribution in [2.45, 2.75) is 58.1 Å². The maximum absolute atomic E-state index is 12.5. The second-order valence-electron chi connectivity index (χ2n) is 6.57. The largest absolute Gasteiger partial charge is 0.390 e. The fourth-order valence-corrected chi connectivity index (χ4v) is 2.46. The first-order chi connectivity index (χ1) is 11.3. The molecule has 1 atom stereocenters. The van der Waals surface area contributed by atoms with E-state index < -0.39 is 11.6 Å². The molecule has 2 heterocycles. The summed E-state index contributed by atoms with van der Waals surface area (Å²) in [5, 5.41) is 13.0. The molecule has 0 saturated carbocycles. The van der Waals surface area contributed by atoms with Gasteiger partial charge in [-0.15, -0.1) is 0 Å². The van der Waals surface area contributed by atoms with Crippen molar-refractivity contribution >= 4 is 28.6 Å². The van der Waals surface area contributed by atoms with Gasteiger partial charge in [0.1, 0.15) is 5.52 Å². The third kappa shape index (κ3) is 4.86. The number of nitrogen functional groups attached to an aromatic ring is 1. The number of anilines is 2. The highest BCUT2D eigenvalue weighted by Gasteiger charge is 2.22. The van der Waals surface area contributed by atoms with Gasteiger partial charge in [0.25, 0.3) is 0 Å². The van der Waals surface area contributed by atoms with E-state index in [0.29, 0.717) is 36.1 Å². The van der Waals surface area contributed by atoms with Crippen molar-refractivity contribution in [2.24, 2.45) is 0 Å². The van der Waals surface area contributed by atoms with Gasteiger partial charge in [-0.3, -0.25) is 9.78 Å². The van der Waals surface area contributed by atoms with Crippen LogP contribution in [0, 0.1) is 0 Å². The predicted octanol–water partition coefficient (Wildman–Crippen LogP) is 2.31. The lowest BCUT2D eigenvalue weighted by Crippen LogP contribution is -2.32. The molecule has 0 aromatic carbocycles. The summed E-state index contributed by atoms with van der Waals surface area (Å²) in [6.07, 6.45) is 3.88. The molecule has 2 aromatic heterocycles. The number of nitrogens with zero attached hydrogens (tertiary/aromatic N) is 3. The van der Waals surface area contributed by atoms with E-state index >= 15 is 0 Å². The van der Waals surface area contributed by atoms with Crippen molar-refractivity contribution in [2.75, 3.05) is 11.1 Å². The molecule has 2 rings (SSSR count). The molecule has 4 N–H and O–H groups in total. The van der Waals surface area contributed by atoms with Gasteiger partial charge in [-0.2, -0.15) is 4.98 Å². The first kappa shape index (κ1) is 18.1. The monoisotopic (exact) mass is 331 g/mol. The third-order valence-corrected chi connectivity index (χ3v) is 3.73. The summed E-state index contributed by atoms with van der Waals surface area (Å²) < 4.78 is 0. The molecule has 7 heteroatoms. The summed E-state index contributed by atoms with van der Waals surface area (Å²) in [5.41, 5.74) is 6.11. The van der Waals surface area contributed by atoms with Crippen LogP contribution in [0.15, 0.2) is 18.3 Å². The number of hydrogen-bond acceptors (Lipinski definition) is 7. The van der Waals surface area contributed by atoms with Crippen LogP contribution in [-0.2, 0) is 4.79 Å². The molecule has 2 aromatic rings. The van der Waals surface area contributed by atoms with Crippen molar-refractivity contribution in [1.29, 1.82) is 0 Å². The van der Waals surface area contributed by atoms with E-state index in [2.05, 4.69) is 20.3 Å². The lowest BCUT2D eigenvalue weighted by molar-refractivity contribution is -0.121. The van der Waals surface area contributed by atoms with Crippen molar-refractivity contribution in [1.82, 2.24) is 15.0 Å². The van der Waals surface area contributed by atoms with Crippen LogP contribution in [0.2, 0.25) is 0 Å². The fourth-order valence-electron chi connectivity index (χ4n) is 2.46. The second-order valence-corrected chi connectivity index (χ2v) is 6.57. The maximum atomic E-state index is 12.5. The Labute approximate surface area is 141 Å². The van der Waals surface area contributed by atoms with Gasteiger partial charge in [0.05, 0.1) is 17.2 Å². The number of nitrogens with one attached hydrogen (secondary N) is 1. The zero-order chi connectivity index (χ0) is 17.7. The lowest BCUT2D eigenvalue weighted by Gasteiger charge is -2.21. The molecule has 0 fully saturated rings. The van der Waals surface area contributed by atoms with Crippen LogP contribution < -0.4 is 11.1 Å². The van der Waals surface area contributed by atoms with E-state index in [1.54, 1.807) is 32.2 Å². The molecule has 0 amide bonds. The number of Topliss-reactive ketones (excluding diaryl/α,β-unsaturated/α-hetero) is 1. The van der Waals surface area contributed by atoms with Gasteiger partial charge in [0.15, 0.2) is 11.6 Å². The summed E-state index contributed by atoms with van der Waals surface area (Å²) in [6, 6.07) is 3.18. The van der Waals surface area contributed by atoms with Gasteiger partial charge in [0, 0.05) is 12.6 Å². The van der Waals surface area contributed by atoms with Crippen LogP contribution in [0.3, 0.4) is 0 Å². The van der Waals surface area contributed by atoms with E-state index in [1.165, 1.54) is 0 Å². The normalized spacial score (nSPS) is 13.0. The number of aliphatic hydroxyl groups is 1.